The Morgan fingerprint density at radius 2 is 2.10 bits per heavy atom. The fraction of sp³-hybridized carbons (Fsp3) is 0.562. The number of para-hydroxylation sites is 1. The number of benzene rings is 1. The molecule has 5 nitrogen and oxygen atoms in total. The van der Waals surface area contributed by atoms with Crippen molar-refractivity contribution < 1.29 is 14.6 Å². The number of hydrogen-bond donors (Lipinski definition) is 2. The van der Waals surface area contributed by atoms with Crippen LogP contribution < -0.4 is 10.1 Å². The van der Waals surface area contributed by atoms with Gasteiger partial charge in [0.2, 0.25) is 5.91 Å². The van der Waals surface area contributed by atoms with Gasteiger partial charge in [-0.2, -0.15) is 0 Å². The lowest BCUT2D eigenvalue weighted by atomic mass is 10.1. The predicted molar refractivity (Wildman–Crippen MR) is 81.2 cm³/mol. The van der Waals surface area contributed by atoms with Crippen LogP contribution in [0.2, 0.25) is 0 Å². The number of amides is 1. The predicted octanol–water partition coefficient (Wildman–Crippen LogP) is 1.33. The van der Waals surface area contributed by atoms with Gasteiger partial charge in [0.05, 0.1) is 25.8 Å². The number of rotatable bonds is 5. The number of carbonyl (C=O) groups excluding carboxylic acids is 1. The first-order valence-electron chi connectivity index (χ1n) is 7.43. The highest BCUT2D eigenvalue weighted by Crippen LogP contribution is 2.24. The second kappa shape index (κ2) is 7.43. The van der Waals surface area contributed by atoms with Gasteiger partial charge in [0.25, 0.3) is 0 Å². The largest absolute Gasteiger partial charge is 0.496 e. The van der Waals surface area contributed by atoms with E-state index in [4.69, 9.17) is 4.74 Å². The number of piperidine rings is 1. The molecule has 0 aromatic heterocycles. The third kappa shape index (κ3) is 4.44. The van der Waals surface area contributed by atoms with Gasteiger partial charge < -0.3 is 15.2 Å². The number of nitrogens with zero attached hydrogens (tertiary/aromatic N) is 1. The molecule has 1 aliphatic heterocycles. The van der Waals surface area contributed by atoms with E-state index in [9.17, 15) is 9.90 Å². The molecule has 0 aliphatic carbocycles. The molecule has 0 saturated carbocycles. The Morgan fingerprint density at radius 1 is 1.43 bits per heavy atom. The summed E-state index contributed by atoms with van der Waals surface area (Å²) in [4.78, 5) is 14.2. The molecule has 2 N–H and O–H groups in total. The number of aliphatic hydroxyl groups is 1. The zero-order valence-corrected chi connectivity index (χ0v) is 12.7. The maximum atomic E-state index is 12.1. The van der Waals surface area contributed by atoms with E-state index in [0.717, 1.165) is 37.2 Å². The molecule has 1 aromatic rings. The Bertz CT molecular complexity index is 470. The number of aliphatic hydroxyl groups excluding tert-OH is 1. The summed E-state index contributed by atoms with van der Waals surface area (Å²) in [6.07, 6.45) is 1.28. The van der Waals surface area contributed by atoms with Gasteiger partial charge in [0.15, 0.2) is 0 Å². The van der Waals surface area contributed by atoms with E-state index in [1.165, 1.54) is 0 Å². The van der Waals surface area contributed by atoms with Gasteiger partial charge in [-0.3, -0.25) is 9.69 Å². The number of nitrogens with one attached hydrogen (secondary N) is 1. The van der Waals surface area contributed by atoms with Crippen LogP contribution in [0.1, 0.15) is 31.4 Å². The first-order chi connectivity index (χ1) is 10.1. The molecule has 1 unspecified atom stereocenters. The molecule has 116 valence electrons. The molecule has 1 aromatic carbocycles. The van der Waals surface area contributed by atoms with Crippen LogP contribution in [0.3, 0.4) is 0 Å². The van der Waals surface area contributed by atoms with E-state index in [1.54, 1.807) is 7.11 Å². The third-order valence-corrected chi connectivity index (χ3v) is 3.91. The molecule has 0 spiro atoms. The van der Waals surface area contributed by atoms with Crippen molar-refractivity contribution in [2.45, 2.75) is 31.9 Å². The van der Waals surface area contributed by atoms with Gasteiger partial charge in [-0.25, -0.2) is 0 Å². The molecular formula is C16H24N2O3. The van der Waals surface area contributed by atoms with Gasteiger partial charge in [-0.1, -0.05) is 18.2 Å². The minimum Gasteiger partial charge on any atom is -0.496 e. The highest BCUT2D eigenvalue weighted by molar-refractivity contribution is 5.78. The normalized spacial score (nSPS) is 18.2. The summed E-state index contributed by atoms with van der Waals surface area (Å²) < 4.78 is 5.32. The van der Waals surface area contributed by atoms with Crippen molar-refractivity contribution in [3.05, 3.63) is 29.8 Å². The molecule has 2 rings (SSSR count). The Balaban J connectivity index is 1.87. The van der Waals surface area contributed by atoms with Gasteiger partial charge in [-0.05, 0) is 25.8 Å². The van der Waals surface area contributed by atoms with Crippen LogP contribution in [-0.2, 0) is 4.79 Å². The van der Waals surface area contributed by atoms with Crippen molar-refractivity contribution in [1.29, 1.82) is 0 Å². The number of methoxy groups -OCH3 is 1. The molecule has 0 radical (unpaired) electrons. The maximum Gasteiger partial charge on any atom is 0.234 e. The quantitative estimate of drug-likeness (QED) is 0.859. The summed E-state index contributed by atoms with van der Waals surface area (Å²) >= 11 is 0. The van der Waals surface area contributed by atoms with Crippen molar-refractivity contribution in [2.75, 3.05) is 26.7 Å². The van der Waals surface area contributed by atoms with Crippen molar-refractivity contribution in [3.63, 3.8) is 0 Å². The van der Waals surface area contributed by atoms with E-state index in [1.807, 2.05) is 31.2 Å². The maximum absolute atomic E-state index is 12.1. The topological polar surface area (TPSA) is 61.8 Å². The van der Waals surface area contributed by atoms with E-state index < -0.39 is 0 Å². The smallest absolute Gasteiger partial charge is 0.234 e. The molecule has 0 bridgehead atoms. The van der Waals surface area contributed by atoms with E-state index >= 15 is 0 Å². The number of likely N-dealkylation sites (tertiary alicyclic amines) is 1. The highest BCUT2D eigenvalue weighted by Gasteiger charge is 2.20. The Labute approximate surface area is 125 Å². The number of hydrogen-bond acceptors (Lipinski definition) is 4. The van der Waals surface area contributed by atoms with Crippen LogP contribution in [0.4, 0.5) is 0 Å². The standard InChI is InChI=1S/C16H24N2O3/c1-12(14-5-3-4-6-15(14)21-2)17-16(20)11-18-9-7-13(19)8-10-18/h3-6,12-13,19H,7-11H2,1-2H3,(H,17,20). The summed E-state index contributed by atoms with van der Waals surface area (Å²) in [5.74, 6) is 0.788. The molecule has 1 atom stereocenters. The van der Waals surface area contributed by atoms with Crippen molar-refractivity contribution in [2.24, 2.45) is 0 Å². The lowest BCUT2D eigenvalue weighted by Gasteiger charge is -2.29. The molecule has 1 aliphatic rings. The SMILES string of the molecule is COc1ccccc1C(C)NC(=O)CN1CCC(O)CC1. The van der Waals surface area contributed by atoms with Crippen LogP contribution in [0, 0.1) is 0 Å². The van der Waals surface area contributed by atoms with Gasteiger partial charge in [0.1, 0.15) is 5.75 Å². The molecule has 21 heavy (non-hydrogen) atoms. The molecule has 1 saturated heterocycles. The van der Waals surface area contributed by atoms with Crippen LogP contribution in [-0.4, -0.2) is 48.8 Å². The Morgan fingerprint density at radius 3 is 2.76 bits per heavy atom. The fourth-order valence-corrected chi connectivity index (χ4v) is 2.67. The van der Waals surface area contributed by atoms with E-state index in [-0.39, 0.29) is 18.1 Å². The van der Waals surface area contributed by atoms with Crippen LogP contribution >= 0.6 is 0 Å². The second-order valence-corrected chi connectivity index (χ2v) is 5.54. The minimum absolute atomic E-state index is 0.00444. The number of carbonyl (C=O) groups is 1. The second-order valence-electron chi connectivity index (χ2n) is 5.54. The first-order valence-corrected chi connectivity index (χ1v) is 7.43. The summed E-state index contributed by atoms with van der Waals surface area (Å²) in [6.45, 7) is 3.89. The zero-order valence-electron chi connectivity index (χ0n) is 12.7. The van der Waals surface area contributed by atoms with Crippen LogP contribution in [0.15, 0.2) is 24.3 Å². The van der Waals surface area contributed by atoms with Crippen LogP contribution in [0.5, 0.6) is 5.75 Å². The van der Waals surface area contributed by atoms with E-state index in [0.29, 0.717) is 6.54 Å². The Hall–Kier alpha value is -1.59. The lowest BCUT2D eigenvalue weighted by Crippen LogP contribution is -2.43. The van der Waals surface area contributed by atoms with Crippen molar-refractivity contribution in [1.82, 2.24) is 10.2 Å². The average Bonchev–Trinajstić information content (AvgIpc) is 2.49. The Kier molecular flexibility index (Phi) is 5.59. The van der Waals surface area contributed by atoms with Gasteiger partial charge in [0, 0.05) is 18.7 Å². The van der Waals surface area contributed by atoms with Crippen LogP contribution in [0.25, 0.3) is 0 Å². The third-order valence-electron chi connectivity index (χ3n) is 3.91. The molecule has 1 fully saturated rings. The molecule has 1 amide bonds. The summed E-state index contributed by atoms with van der Waals surface area (Å²) in [7, 11) is 1.63. The minimum atomic E-state index is -0.211. The van der Waals surface area contributed by atoms with Crippen molar-refractivity contribution in [3.8, 4) is 5.75 Å². The molecule has 1 heterocycles. The van der Waals surface area contributed by atoms with Crippen molar-refractivity contribution >= 4 is 5.91 Å². The average molecular weight is 292 g/mol. The summed E-state index contributed by atoms with van der Waals surface area (Å²) in [5.41, 5.74) is 0.974. The highest BCUT2D eigenvalue weighted by atomic mass is 16.5. The monoisotopic (exact) mass is 292 g/mol. The zero-order chi connectivity index (χ0) is 15.2. The van der Waals surface area contributed by atoms with Gasteiger partial charge >= 0.3 is 0 Å². The van der Waals surface area contributed by atoms with E-state index in [2.05, 4.69) is 10.2 Å². The summed E-state index contributed by atoms with van der Waals surface area (Å²) in [5, 5.41) is 12.5. The summed E-state index contributed by atoms with van der Waals surface area (Å²) in [6, 6.07) is 7.61. The first kappa shape index (κ1) is 15.8. The van der Waals surface area contributed by atoms with Gasteiger partial charge in [-0.15, -0.1) is 0 Å². The fourth-order valence-electron chi connectivity index (χ4n) is 2.67. The molecule has 5 heteroatoms. The number of ether oxygens (including phenoxy) is 1. The lowest BCUT2D eigenvalue weighted by molar-refractivity contribution is -0.123. The molecular weight excluding hydrogens is 268 g/mol.